The number of amides is 1. The lowest BCUT2D eigenvalue weighted by molar-refractivity contribution is -0.112. The summed E-state index contributed by atoms with van der Waals surface area (Å²) in [5.41, 5.74) is 4.60. The Morgan fingerprint density at radius 2 is 1.93 bits per heavy atom. The van der Waals surface area contributed by atoms with Gasteiger partial charge in [-0.15, -0.1) is 0 Å². The maximum Gasteiger partial charge on any atom is 0.266 e. The predicted octanol–water partition coefficient (Wildman–Crippen LogP) is 6.01. The van der Waals surface area contributed by atoms with Crippen molar-refractivity contribution in [2.75, 3.05) is 5.32 Å². The highest BCUT2D eigenvalue weighted by molar-refractivity contribution is 14.1. The Kier molecular flexibility index (Phi) is 6.37. The van der Waals surface area contributed by atoms with Gasteiger partial charge in [-0.1, -0.05) is 28.1 Å². The van der Waals surface area contributed by atoms with Gasteiger partial charge in [-0.25, -0.2) is 0 Å². The Labute approximate surface area is 186 Å². The number of benzene rings is 2. The molecule has 4 nitrogen and oxygen atoms in total. The maximum absolute atomic E-state index is 12.6. The fourth-order valence-corrected chi connectivity index (χ4v) is 3.94. The number of nitrogens with one attached hydrogen (secondary N) is 1. The van der Waals surface area contributed by atoms with Gasteiger partial charge in [0, 0.05) is 30.8 Å². The normalized spacial score (nSPS) is 11.2. The molecule has 28 heavy (non-hydrogen) atoms. The molecule has 0 bridgehead atoms. The lowest BCUT2D eigenvalue weighted by Gasteiger charge is -2.10. The average molecular weight is 546 g/mol. The Bertz CT molecular complexity index is 1130. The summed E-state index contributed by atoms with van der Waals surface area (Å²) in [5, 5.41) is 12.3. The molecule has 0 spiro atoms. The summed E-state index contributed by atoms with van der Waals surface area (Å²) in [6.45, 7) is 4.00. The number of hydrogen-bond donors (Lipinski definition) is 1. The Morgan fingerprint density at radius 1 is 1.18 bits per heavy atom. The fourth-order valence-electron chi connectivity index (χ4n) is 3.02. The van der Waals surface area contributed by atoms with E-state index >= 15 is 0 Å². The van der Waals surface area contributed by atoms with E-state index in [1.165, 1.54) is 0 Å². The monoisotopic (exact) mass is 545 g/mol. The van der Waals surface area contributed by atoms with Crippen molar-refractivity contribution in [2.24, 2.45) is 0 Å². The quantitative estimate of drug-likeness (QED) is 0.248. The van der Waals surface area contributed by atoms with Crippen LogP contribution in [0, 0.1) is 28.7 Å². The van der Waals surface area contributed by atoms with Crippen molar-refractivity contribution in [3.8, 4) is 11.8 Å². The minimum absolute atomic E-state index is 0.0582. The van der Waals surface area contributed by atoms with E-state index in [0.29, 0.717) is 5.69 Å². The molecule has 0 unspecified atom stereocenters. The molecule has 1 N–H and O–H groups in total. The van der Waals surface area contributed by atoms with Gasteiger partial charge in [0.2, 0.25) is 0 Å². The number of nitrogens with zero attached hydrogens (tertiary/aromatic N) is 2. The van der Waals surface area contributed by atoms with Gasteiger partial charge in [0.1, 0.15) is 11.6 Å². The molecule has 0 aliphatic heterocycles. The van der Waals surface area contributed by atoms with Crippen LogP contribution in [-0.4, -0.2) is 10.5 Å². The van der Waals surface area contributed by atoms with Gasteiger partial charge in [0.15, 0.2) is 0 Å². The fraction of sp³-hybridized carbons (Fsp3) is 0.0909. The summed E-state index contributed by atoms with van der Waals surface area (Å²) in [4.78, 5) is 12.6. The topological polar surface area (TPSA) is 57.8 Å². The van der Waals surface area contributed by atoms with Gasteiger partial charge < -0.3 is 9.88 Å². The number of carbonyl (C=O) groups is 1. The molecule has 0 atom stereocenters. The van der Waals surface area contributed by atoms with Gasteiger partial charge in [-0.2, -0.15) is 5.26 Å². The van der Waals surface area contributed by atoms with Crippen LogP contribution < -0.4 is 5.32 Å². The number of hydrogen-bond acceptors (Lipinski definition) is 2. The van der Waals surface area contributed by atoms with E-state index in [-0.39, 0.29) is 5.57 Å². The second kappa shape index (κ2) is 8.76. The third-order valence-corrected chi connectivity index (χ3v) is 5.45. The molecule has 0 aliphatic carbocycles. The van der Waals surface area contributed by atoms with Crippen molar-refractivity contribution in [3.63, 3.8) is 0 Å². The first kappa shape index (κ1) is 20.4. The standard InChI is InChI=1S/C22H17BrIN3O/c1-14-9-16(15(2)27(14)21-8-4-6-19(24)12-21)10-17(13-25)22(28)26-20-7-3-5-18(23)11-20/h3-12H,1-2H3,(H,26,28)/b17-10-. The second-order valence-electron chi connectivity index (χ2n) is 6.28. The minimum atomic E-state index is -0.431. The summed E-state index contributed by atoms with van der Waals surface area (Å²) in [6.07, 6.45) is 1.64. The zero-order valence-electron chi connectivity index (χ0n) is 15.3. The molecule has 0 saturated carbocycles. The van der Waals surface area contributed by atoms with Crippen molar-refractivity contribution >= 4 is 56.2 Å². The Morgan fingerprint density at radius 3 is 2.61 bits per heavy atom. The van der Waals surface area contributed by atoms with Crippen molar-refractivity contribution < 1.29 is 4.79 Å². The SMILES string of the molecule is Cc1cc(/C=C(/C#N)C(=O)Nc2cccc(Br)c2)c(C)n1-c1cccc(I)c1. The summed E-state index contributed by atoms with van der Waals surface area (Å²) in [5.74, 6) is -0.431. The van der Waals surface area contributed by atoms with Crippen molar-refractivity contribution in [1.29, 1.82) is 5.26 Å². The van der Waals surface area contributed by atoms with Crippen LogP contribution in [0.25, 0.3) is 11.8 Å². The third kappa shape index (κ3) is 4.54. The van der Waals surface area contributed by atoms with Crippen LogP contribution in [-0.2, 0) is 4.79 Å². The largest absolute Gasteiger partial charge is 0.321 e. The van der Waals surface area contributed by atoms with Crippen molar-refractivity contribution in [3.05, 3.63) is 85.2 Å². The van der Waals surface area contributed by atoms with Gasteiger partial charge in [-0.3, -0.25) is 4.79 Å². The molecule has 2 aromatic carbocycles. The van der Waals surface area contributed by atoms with E-state index in [2.05, 4.69) is 54.5 Å². The van der Waals surface area contributed by atoms with E-state index in [1.54, 1.807) is 18.2 Å². The summed E-state index contributed by atoms with van der Waals surface area (Å²) in [7, 11) is 0. The van der Waals surface area contributed by atoms with Crippen LogP contribution in [0.4, 0.5) is 5.69 Å². The first-order chi connectivity index (χ1) is 13.4. The molecule has 3 aromatic rings. The second-order valence-corrected chi connectivity index (χ2v) is 8.44. The van der Waals surface area contributed by atoms with Crippen LogP contribution in [0.15, 0.2) is 64.6 Å². The maximum atomic E-state index is 12.6. The number of anilines is 1. The van der Waals surface area contributed by atoms with Crippen molar-refractivity contribution in [2.45, 2.75) is 13.8 Å². The molecule has 0 aliphatic rings. The first-order valence-electron chi connectivity index (χ1n) is 8.52. The number of aromatic nitrogens is 1. The third-order valence-electron chi connectivity index (χ3n) is 4.28. The van der Waals surface area contributed by atoms with E-state index in [4.69, 9.17) is 0 Å². The minimum Gasteiger partial charge on any atom is -0.321 e. The number of nitriles is 1. The van der Waals surface area contributed by atoms with Gasteiger partial charge >= 0.3 is 0 Å². The van der Waals surface area contributed by atoms with Crippen LogP contribution >= 0.6 is 38.5 Å². The number of aryl methyl sites for hydroxylation is 1. The van der Waals surface area contributed by atoms with E-state index in [9.17, 15) is 10.1 Å². The Balaban J connectivity index is 1.94. The first-order valence-corrected chi connectivity index (χ1v) is 10.4. The molecule has 3 rings (SSSR count). The molecule has 1 amide bonds. The molecule has 0 radical (unpaired) electrons. The highest BCUT2D eigenvalue weighted by Crippen LogP contribution is 2.24. The van der Waals surface area contributed by atoms with Crippen molar-refractivity contribution in [1.82, 2.24) is 4.57 Å². The summed E-state index contributed by atoms with van der Waals surface area (Å²) in [6, 6.07) is 19.5. The van der Waals surface area contributed by atoms with Gasteiger partial charge in [0.05, 0.1) is 0 Å². The van der Waals surface area contributed by atoms with E-state index < -0.39 is 5.91 Å². The number of rotatable bonds is 4. The number of carbonyl (C=O) groups excluding carboxylic acids is 1. The molecule has 0 saturated heterocycles. The summed E-state index contributed by atoms with van der Waals surface area (Å²) >= 11 is 5.66. The highest BCUT2D eigenvalue weighted by Gasteiger charge is 2.14. The Hall–Kier alpha value is -2.37. The molecule has 6 heteroatoms. The molecular formula is C22H17BrIN3O. The highest BCUT2D eigenvalue weighted by atomic mass is 127. The van der Waals surface area contributed by atoms with Crippen LogP contribution in [0.2, 0.25) is 0 Å². The smallest absolute Gasteiger partial charge is 0.266 e. The molecule has 0 fully saturated rings. The lowest BCUT2D eigenvalue weighted by Crippen LogP contribution is -2.13. The lowest BCUT2D eigenvalue weighted by atomic mass is 10.1. The van der Waals surface area contributed by atoms with Gasteiger partial charge in [-0.05, 0) is 90.5 Å². The zero-order valence-corrected chi connectivity index (χ0v) is 19.1. The predicted molar refractivity (Wildman–Crippen MR) is 124 cm³/mol. The van der Waals surface area contributed by atoms with Crippen LogP contribution in [0.5, 0.6) is 0 Å². The van der Waals surface area contributed by atoms with Crippen LogP contribution in [0.1, 0.15) is 17.0 Å². The van der Waals surface area contributed by atoms with E-state index in [0.717, 1.165) is 30.7 Å². The molecule has 1 aromatic heterocycles. The van der Waals surface area contributed by atoms with Crippen LogP contribution in [0.3, 0.4) is 0 Å². The molecular weight excluding hydrogens is 529 g/mol. The average Bonchev–Trinajstić information content (AvgIpc) is 2.92. The van der Waals surface area contributed by atoms with E-state index in [1.807, 2.05) is 56.3 Å². The zero-order chi connectivity index (χ0) is 20.3. The van der Waals surface area contributed by atoms with Gasteiger partial charge in [0.25, 0.3) is 5.91 Å². The summed E-state index contributed by atoms with van der Waals surface area (Å²) < 4.78 is 4.12. The molecule has 1 heterocycles. The number of halogens is 2. The molecule has 140 valence electrons.